The second kappa shape index (κ2) is 8.60. The van der Waals surface area contributed by atoms with Crippen LogP contribution in [0.1, 0.15) is 40.0 Å². The molecule has 1 aromatic carbocycles. The summed E-state index contributed by atoms with van der Waals surface area (Å²) in [5, 5.41) is 11.9. The monoisotopic (exact) mass is 386 g/mol. The highest BCUT2D eigenvalue weighted by molar-refractivity contribution is 5.96. The number of aryl methyl sites for hydroxylation is 1. The highest BCUT2D eigenvalue weighted by Crippen LogP contribution is 2.18. The van der Waals surface area contributed by atoms with Crippen molar-refractivity contribution in [1.82, 2.24) is 10.2 Å². The van der Waals surface area contributed by atoms with Gasteiger partial charge in [-0.3, -0.25) is 9.59 Å². The average molecular weight is 386 g/mol. The maximum Gasteiger partial charge on any atom is 0.339 e. The fraction of sp³-hybridized carbons (Fsp3) is 0.350. The van der Waals surface area contributed by atoms with Crippen molar-refractivity contribution in [3.63, 3.8) is 0 Å². The van der Waals surface area contributed by atoms with Crippen LogP contribution in [0.3, 0.4) is 0 Å². The number of carbonyl (C=O) groups excluding carboxylic acids is 2. The molecule has 1 saturated heterocycles. The predicted octanol–water partition coefficient (Wildman–Crippen LogP) is 1.95. The van der Waals surface area contributed by atoms with Crippen molar-refractivity contribution in [2.45, 2.75) is 25.8 Å². The molecule has 8 nitrogen and oxygen atoms in total. The van der Waals surface area contributed by atoms with E-state index >= 15 is 0 Å². The van der Waals surface area contributed by atoms with Crippen LogP contribution in [0.5, 0.6) is 5.75 Å². The van der Waals surface area contributed by atoms with Gasteiger partial charge in [-0.05, 0) is 12.1 Å². The fourth-order valence-electron chi connectivity index (χ4n) is 3.12. The molecule has 1 aromatic heterocycles. The lowest BCUT2D eigenvalue weighted by Crippen LogP contribution is -2.37. The third-order valence-electron chi connectivity index (χ3n) is 4.51. The molecule has 2 heterocycles. The van der Waals surface area contributed by atoms with Crippen molar-refractivity contribution in [2.75, 3.05) is 19.7 Å². The van der Waals surface area contributed by atoms with Gasteiger partial charge < -0.3 is 24.5 Å². The quantitative estimate of drug-likeness (QED) is 0.718. The molecule has 8 heteroatoms. The van der Waals surface area contributed by atoms with Crippen LogP contribution in [0, 0.1) is 0 Å². The Morgan fingerprint density at radius 1 is 1.32 bits per heavy atom. The number of aromatic carboxylic acids is 1. The second-order valence-corrected chi connectivity index (χ2v) is 6.48. The third kappa shape index (κ3) is 4.51. The maximum absolute atomic E-state index is 12.4. The minimum Gasteiger partial charge on any atom is -0.492 e. The van der Waals surface area contributed by atoms with Crippen molar-refractivity contribution in [3.8, 4) is 5.75 Å². The number of para-hydroxylation sites is 1. The van der Waals surface area contributed by atoms with E-state index in [0.717, 1.165) is 5.75 Å². The van der Waals surface area contributed by atoms with Crippen molar-refractivity contribution >= 4 is 17.8 Å². The van der Waals surface area contributed by atoms with Crippen LogP contribution in [0.2, 0.25) is 0 Å². The molecular weight excluding hydrogens is 364 g/mol. The van der Waals surface area contributed by atoms with Gasteiger partial charge in [0, 0.05) is 25.5 Å². The first-order chi connectivity index (χ1) is 13.5. The van der Waals surface area contributed by atoms with Crippen LogP contribution >= 0.6 is 0 Å². The Kier molecular flexibility index (Phi) is 5.98. The van der Waals surface area contributed by atoms with Crippen LogP contribution in [0.15, 0.2) is 40.8 Å². The zero-order valence-corrected chi connectivity index (χ0v) is 15.5. The summed E-state index contributed by atoms with van der Waals surface area (Å²) >= 11 is 0. The number of nitrogens with zero attached hydrogens (tertiary/aromatic N) is 1. The zero-order valence-electron chi connectivity index (χ0n) is 15.5. The van der Waals surface area contributed by atoms with Gasteiger partial charge in [-0.25, -0.2) is 4.79 Å². The summed E-state index contributed by atoms with van der Waals surface area (Å²) in [5.41, 5.74) is -0.0187. The van der Waals surface area contributed by atoms with E-state index < -0.39 is 11.9 Å². The molecule has 1 unspecified atom stereocenters. The third-order valence-corrected chi connectivity index (χ3v) is 4.51. The predicted molar refractivity (Wildman–Crippen MR) is 99.4 cm³/mol. The van der Waals surface area contributed by atoms with E-state index in [1.54, 1.807) is 11.8 Å². The maximum atomic E-state index is 12.4. The van der Waals surface area contributed by atoms with Crippen molar-refractivity contribution < 1.29 is 28.6 Å². The Balaban J connectivity index is 1.52. The van der Waals surface area contributed by atoms with E-state index in [4.69, 9.17) is 14.3 Å². The summed E-state index contributed by atoms with van der Waals surface area (Å²) in [6.07, 6.45) is 0.552. The number of nitrogens with one attached hydrogen (secondary N) is 1. The Hall–Kier alpha value is -3.29. The molecule has 0 spiro atoms. The molecule has 0 saturated carbocycles. The largest absolute Gasteiger partial charge is 0.492 e. The number of rotatable bonds is 8. The standard InChI is InChI=1S/C20H22N2O6/c1-2-16-15(20(25)26)11-17(28-16)19(24)21-13-10-18(23)22(12-13)8-9-27-14-6-4-3-5-7-14/h3-7,11,13H,2,8-10,12H2,1H3,(H,21,24)(H,25,26). The number of benzene rings is 1. The molecule has 0 bridgehead atoms. The van der Waals surface area contributed by atoms with E-state index in [9.17, 15) is 14.4 Å². The fourth-order valence-corrected chi connectivity index (χ4v) is 3.12. The highest BCUT2D eigenvalue weighted by atomic mass is 16.5. The van der Waals surface area contributed by atoms with E-state index in [1.807, 2.05) is 30.3 Å². The molecule has 28 heavy (non-hydrogen) atoms. The number of hydrogen-bond donors (Lipinski definition) is 2. The van der Waals surface area contributed by atoms with Gasteiger partial charge in [-0.2, -0.15) is 0 Å². The smallest absolute Gasteiger partial charge is 0.339 e. The normalized spacial score (nSPS) is 16.2. The lowest BCUT2D eigenvalue weighted by molar-refractivity contribution is -0.128. The molecule has 1 aliphatic heterocycles. The Morgan fingerprint density at radius 2 is 2.07 bits per heavy atom. The summed E-state index contributed by atoms with van der Waals surface area (Å²) in [4.78, 5) is 37.4. The molecule has 148 valence electrons. The first-order valence-electron chi connectivity index (χ1n) is 9.10. The van der Waals surface area contributed by atoms with Crippen molar-refractivity contribution in [2.24, 2.45) is 0 Å². The number of amides is 2. The molecule has 1 aliphatic rings. The van der Waals surface area contributed by atoms with Gasteiger partial charge >= 0.3 is 5.97 Å². The average Bonchev–Trinajstić information content (AvgIpc) is 3.26. The first kappa shape index (κ1) is 19.5. The molecule has 2 aromatic rings. The first-order valence-corrected chi connectivity index (χ1v) is 9.10. The number of ether oxygens (including phenoxy) is 1. The number of carbonyl (C=O) groups is 3. The number of hydrogen-bond acceptors (Lipinski definition) is 5. The van der Waals surface area contributed by atoms with Crippen molar-refractivity contribution in [3.05, 3.63) is 53.5 Å². The van der Waals surface area contributed by atoms with E-state index in [1.165, 1.54) is 6.07 Å². The minimum atomic E-state index is -1.14. The summed E-state index contributed by atoms with van der Waals surface area (Å²) < 4.78 is 11.0. The minimum absolute atomic E-state index is 0.0187. The van der Waals surface area contributed by atoms with E-state index in [2.05, 4.69) is 5.32 Å². The van der Waals surface area contributed by atoms with Gasteiger partial charge in [0.05, 0.1) is 12.6 Å². The number of carboxylic acid groups (broad SMARTS) is 1. The second-order valence-electron chi connectivity index (χ2n) is 6.48. The van der Waals surface area contributed by atoms with Gasteiger partial charge in [-0.15, -0.1) is 0 Å². The van der Waals surface area contributed by atoms with Gasteiger partial charge in [0.1, 0.15) is 23.7 Å². The summed E-state index contributed by atoms with van der Waals surface area (Å²) in [5.74, 6) is -0.810. The number of furan rings is 1. The molecule has 0 radical (unpaired) electrons. The molecule has 3 rings (SSSR count). The van der Waals surface area contributed by atoms with Gasteiger partial charge in [-0.1, -0.05) is 25.1 Å². The van der Waals surface area contributed by atoms with E-state index in [-0.39, 0.29) is 35.5 Å². The van der Waals surface area contributed by atoms with Gasteiger partial charge in [0.2, 0.25) is 5.91 Å². The molecule has 1 fully saturated rings. The number of likely N-dealkylation sites (tertiary alicyclic amines) is 1. The lowest BCUT2D eigenvalue weighted by Gasteiger charge is -2.17. The van der Waals surface area contributed by atoms with Crippen LogP contribution < -0.4 is 10.1 Å². The lowest BCUT2D eigenvalue weighted by atomic mass is 10.2. The topological polar surface area (TPSA) is 109 Å². The Bertz CT molecular complexity index is 861. The summed E-state index contributed by atoms with van der Waals surface area (Å²) in [6.45, 7) is 2.90. The summed E-state index contributed by atoms with van der Waals surface area (Å²) in [6, 6.07) is 10.2. The SMILES string of the molecule is CCc1oc(C(=O)NC2CC(=O)N(CCOc3ccccc3)C2)cc1C(=O)O. The van der Waals surface area contributed by atoms with Crippen LogP contribution in [0.4, 0.5) is 0 Å². The van der Waals surface area contributed by atoms with Gasteiger partial charge in [0.15, 0.2) is 5.76 Å². The zero-order chi connectivity index (χ0) is 20.1. The molecule has 0 aliphatic carbocycles. The van der Waals surface area contributed by atoms with Crippen molar-refractivity contribution in [1.29, 1.82) is 0 Å². The highest BCUT2D eigenvalue weighted by Gasteiger charge is 2.31. The Morgan fingerprint density at radius 3 is 2.71 bits per heavy atom. The number of carboxylic acids is 1. The van der Waals surface area contributed by atoms with Gasteiger partial charge in [0.25, 0.3) is 5.91 Å². The van der Waals surface area contributed by atoms with Crippen LogP contribution in [-0.2, 0) is 11.2 Å². The molecule has 2 N–H and O–H groups in total. The summed E-state index contributed by atoms with van der Waals surface area (Å²) in [7, 11) is 0. The molecule has 1 atom stereocenters. The van der Waals surface area contributed by atoms with E-state index in [0.29, 0.717) is 26.1 Å². The Labute approximate surface area is 162 Å². The molecule has 2 amide bonds. The van der Waals surface area contributed by atoms with Crippen LogP contribution in [-0.4, -0.2) is 53.5 Å². The van der Waals surface area contributed by atoms with Crippen LogP contribution in [0.25, 0.3) is 0 Å². The molecular formula is C20H22N2O6.